The molecule has 0 aliphatic rings. The largest absolute Gasteiger partial charge is 0.377 e. The molecule has 6 heteroatoms. The molecule has 0 bridgehead atoms. The molecule has 0 unspecified atom stereocenters. The zero-order valence-corrected chi connectivity index (χ0v) is 20.8. The van der Waals surface area contributed by atoms with Crippen molar-refractivity contribution in [1.29, 1.82) is 0 Å². The molecule has 0 fully saturated rings. The first kappa shape index (κ1) is 24.9. The second-order valence-corrected chi connectivity index (χ2v) is 11.0. The predicted octanol–water partition coefficient (Wildman–Crippen LogP) is 5.42. The first-order valence-electron chi connectivity index (χ1n) is 10.8. The summed E-state index contributed by atoms with van der Waals surface area (Å²) in [6.45, 7) is 11.6. The van der Waals surface area contributed by atoms with Crippen molar-refractivity contribution in [3.05, 3.63) is 46.2 Å². The molecule has 5 nitrogen and oxygen atoms in total. The molecule has 0 saturated heterocycles. The second-order valence-electron chi connectivity index (χ2n) is 9.95. The minimum Gasteiger partial charge on any atom is -0.377 e. The van der Waals surface area contributed by atoms with Crippen molar-refractivity contribution in [2.24, 2.45) is 11.3 Å². The van der Waals surface area contributed by atoms with E-state index in [2.05, 4.69) is 39.9 Å². The highest BCUT2D eigenvalue weighted by Gasteiger charge is 2.20. The second kappa shape index (κ2) is 10.8. The van der Waals surface area contributed by atoms with Gasteiger partial charge in [0, 0.05) is 49.9 Å². The summed E-state index contributed by atoms with van der Waals surface area (Å²) < 4.78 is 0. The van der Waals surface area contributed by atoms with E-state index in [1.807, 2.05) is 59.6 Å². The van der Waals surface area contributed by atoms with Gasteiger partial charge in [0.1, 0.15) is 0 Å². The van der Waals surface area contributed by atoms with Crippen molar-refractivity contribution in [3.8, 4) is 0 Å². The van der Waals surface area contributed by atoms with Crippen molar-refractivity contribution < 1.29 is 9.59 Å². The van der Waals surface area contributed by atoms with E-state index in [1.54, 1.807) is 11.3 Å². The third-order valence-electron chi connectivity index (χ3n) is 4.74. The number of hydrogen-bond donors (Lipinski definition) is 1. The van der Waals surface area contributed by atoms with Gasteiger partial charge >= 0.3 is 0 Å². The lowest BCUT2D eigenvalue weighted by atomic mass is 9.92. The Morgan fingerprint density at radius 1 is 1.13 bits per heavy atom. The molecule has 1 heterocycles. The summed E-state index contributed by atoms with van der Waals surface area (Å²) in [4.78, 5) is 30.6. The zero-order chi connectivity index (χ0) is 23.2. The average molecular weight is 444 g/mol. The van der Waals surface area contributed by atoms with Crippen LogP contribution >= 0.6 is 11.3 Å². The van der Waals surface area contributed by atoms with Gasteiger partial charge in [-0.25, -0.2) is 0 Å². The highest BCUT2D eigenvalue weighted by molar-refractivity contribution is 7.10. The normalized spacial score (nSPS) is 11.5. The minimum absolute atomic E-state index is 0.00358. The molecule has 1 N–H and O–H groups in total. The third-order valence-corrected chi connectivity index (χ3v) is 5.62. The molecular formula is C25H37N3O2S. The maximum absolute atomic E-state index is 13.1. The number of benzene rings is 1. The Bertz CT molecular complexity index is 867. The number of carbonyl (C=O) groups is 2. The topological polar surface area (TPSA) is 52.7 Å². The molecule has 0 spiro atoms. The average Bonchev–Trinajstić information content (AvgIpc) is 3.12. The van der Waals surface area contributed by atoms with Crippen LogP contribution in [0.1, 0.15) is 51.5 Å². The molecule has 0 atom stereocenters. The van der Waals surface area contributed by atoms with Crippen LogP contribution in [0.3, 0.4) is 0 Å². The number of carbonyl (C=O) groups excluding carboxylic acids is 2. The quantitative estimate of drug-likeness (QED) is 0.563. The molecule has 1 aromatic heterocycles. The summed E-state index contributed by atoms with van der Waals surface area (Å²) in [5, 5.41) is 5.03. The Morgan fingerprint density at radius 3 is 2.39 bits per heavy atom. The molecule has 31 heavy (non-hydrogen) atoms. The summed E-state index contributed by atoms with van der Waals surface area (Å²) in [6, 6.07) is 9.93. The van der Waals surface area contributed by atoms with Crippen LogP contribution in [-0.2, 0) is 22.6 Å². The van der Waals surface area contributed by atoms with Crippen molar-refractivity contribution in [3.63, 3.8) is 0 Å². The number of amides is 2. The van der Waals surface area contributed by atoms with E-state index in [1.165, 1.54) is 0 Å². The number of rotatable bonds is 9. The molecule has 1 aromatic carbocycles. The van der Waals surface area contributed by atoms with Crippen molar-refractivity contribution in [2.45, 2.75) is 54.0 Å². The fourth-order valence-electron chi connectivity index (χ4n) is 3.49. The molecule has 0 radical (unpaired) electrons. The van der Waals surface area contributed by atoms with Crippen LogP contribution in [0.15, 0.2) is 35.7 Å². The van der Waals surface area contributed by atoms with Gasteiger partial charge in [-0.1, -0.05) is 40.7 Å². The molecule has 0 aliphatic heterocycles. The fourth-order valence-corrected chi connectivity index (χ4v) is 4.18. The highest BCUT2D eigenvalue weighted by Crippen LogP contribution is 2.26. The van der Waals surface area contributed by atoms with E-state index in [0.29, 0.717) is 31.8 Å². The van der Waals surface area contributed by atoms with Crippen LogP contribution in [0.2, 0.25) is 0 Å². The number of anilines is 2. The van der Waals surface area contributed by atoms with Gasteiger partial charge in [-0.15, -0.1) is 11.3 Å². The molecule has 2 rings (SSSR count). The zero-order valence-electron chi connectivity index (χ0n) is 20.0. The lowest BCUT2D eigenvalue weighted by molar-refractivity contribution is -0.131. The molecule has 2 aromatic rings. The van der Waals surface area contributed by atoms with E-state index in [9.17, 15) is 9.59 Å². The minimum atomic E-state index is -0.0707. The number of nitrogens with one attached hydrogen (secondary N) is 1. The Labute approximate surface area is 191 Å². The number of hydrogen-bond acceptors (Lipinski definition) is 4. The van der Waals surface area contributed by atoms with Crippen LogP contribution in [0, 0.1) is 11.3 Å². The van der Waals surface area contributed by atoms with E-state index >= 15 is 0 Å². The van der Waals surface area contributed by atoms with Gasteiger partial charge in [-0.3, -0.25) is 9.59 Å². The predicted molar refractivity (Wildman–Crippen MR) is 132 cm³/mol. The summed E-state index contributed by atoms with van der Waals surface area (Å²) in [6.07, 6.45) is 0.875. The SMILES string of the molecule is CC(C)CN(Cc1cc(NC(=O)CC(C)(C)C)ccc1N(C)C)C(=O)Cc1cccs1. The molecule has 0 saturated carbocycles. The third kappa shape index (κ3) is 8.37. The number of thiophene rings is 1. The van der Waals surface area contributed by atoms with E-state index in [0.717, 1.165) is 21.8 Å². The highest BCUT2D eigenvalue weighted by atomic mass is 32.1. The standard InChI is InChI=1S/C25H37N3O2S/c1-18(2)16-28(24(30)14-21-9-8-12-31-21)17-19-13-20(10-11-22(19)27(6)7)26-23(29)15-25(3,4)5/h8-13,18H,14-17H2,1-7H3,(H,26,29). The van der Waals surface area contributed by atoms with E-state index in [4.69, 9.17) is 0 Å². The van der Waals surface area contributed by atoms with Gasteiger partial charge in [-0.2, -0.15) is 0 Å². The molecular weight excluding hydrogens is 406 g/mol. The summed E-state index contributed by atoms with van der Waals surface area (Å²) in [5.74, 6) is 0.497. The van der Waals surface area contributed by atoms with Crippen LogP contribution < -0.4 is 10.2 Å². The fraction of sp³-hybridized carbons (Fsp3) is 0.520. The van der Waals surface area contributed by atoms with Crippen LogP contribution in [0.5, 0.6) is 0 Å². The lowest BCUT2D eigenvalue weighted by Crippen LogP contribution is -2.35. The van der Waals surface area contributed by atoms with E-state index in [-0.39, 0.29) is 17.2 Å². The summed E-state index contributed by atoms with van der Waals surface area (Å²) in [5.41, 5.74) is 2.77. The Morgan fingerprint density at radius 2 is 1.84 bits per heavy atom. The molecule has 0 aliphatic carbocycles. The smallest absolute Gasteiger partial charge is 0.228 e. The molecule has 2 amide bonds. The van der Waals surface area contributed by atoms with Crippen LogP contribution in [0.25, 0.3) is 0 Å². The maximum Gasteiger partial charge on any atom is 0.228 e. The van der Waals surface area contributed by atoms with Crippen molar-refractivity contribution in [1.82, 2.24) is 4.90 Å². The number of nitrogens with zero attached hydrogens (tertiary/aromatic N) is 2. The van der Waals surface area contributed by atoms with Gasteiger partial charge < -0.3 is 15.1 Å². The van der Waals surface area contributed by atoms with E-state index < -0.39 is 0 Å². The van der Waals surface area contributed by atoms with Gasteiger partial charge in [-0.05, 0) is 46.5 Å². The van der Waals surface area contributed by atoms with Crippen molar-refractivity contribution >= 4 is 34.5 Å². The Balaban J connectivity index is 2.26. The van der Waals surface area contributed by atoms with Crippen LogP contribution in [0.4, 0.5) is 11.4 Å². The van der Waals surface area contributed by atoms with Gasteiger partial charge in [0.05, 0.1) is 6.42 Å². The van der Waals surface area contributed by atoms with Crippen molar-refractivity contribution in [2.75, 3.05) is 30.9 Å². The van der Waals surface area contributed by atoms with Gasteiger partial charge in [0.15, 0.2) is 0 Å². The van der Waals surface area contributed by atoms with Gasteiger partial charge in [0.25, 0.3) is 0 Å². The summed E-state index contributed by atoms with van der Waals surface area (Å²) >= 11 is 1.61. The first-order valence-corrected chi connectivity index (χ1v) is 11.7. The first-order chi connectivity index (χ1) is 14.4. The maximum atomic E-state index is 13.1. The lowest BCUT2D eigenvalue weighted by Gasteiger charge is -2.28. The van der Waals surface area contributed by atoms with Crippen LogP contribution in [-0.4, -0.2) is 37.4 Å². The van der Waals surface area contributed by atoms with Gasteiger partial charge in [0.2, 0.25) is 11.8 Å². The Kier molecular flexibility index (Phi) is 8.69. The summed E-state index contributed by atoms with van der Waals surface area (Å²) in [7, 11) is 3.99. The molecule has 170 valence electrons. The monoisotopic (exact) mass is 443 g/mol. The Hall–Kier alpha value is -2.34.